The van der Waals surface area contributed by atoms with Crippen molar-refractivity contribution in [1.29, 1.82) is 0 Å². The molecule has 32 heavy (non-hydrogen) atoms. The van der Waals surface area contributed by atoms with Gasteiger partial charge in [0.25, 0.3) is 5.91 Å². The standard InChI is InChI=1S/C20H15ClF3N3O4S/c21-14-3-1-2-4-15(14)27-19(10-17(26-27)20(22,23)24)31-11-18(28)25-13-6-5-12-7-8-32(29,30)16(12)9-13/h1-6,9-10H,7-8,11H2,(H,25,28). The van der Waals surface area contributed by atoms with Crippen molar-refractivity contribution in [2.75, 3.05) is 17.7 Å². The van der Waals surface area contributed by atoms with Gasteiger partial charge >= 0.3 is 6.18 Å². The molecule has 7 nitrogen and oxygen atoms in total. The number of aromatic nitrogens is 2. The number of aryl methyl sites for hydroxylation is 1. The van der Waals surface area contributed by atoms with E-state index in [9.17, 15) is 26.4 Å². The van der Waals surface area contributed by atoms with Gasteiger partial charge in [-0.3, -0.25) is 4.79 Å². The molecule has 0 saturated carbocycles. The van der Waals surface area contributed by atoms with Crippen molar-refractivity contribution in [2.45, 2.75) is 17.5 Å². The quantitative estimate of drug-likeness (QED) is 0.592. The molecule has 4 rings (SSSR count). The van der Waals surface area contributed by atoms with Gasteiger partial charge in [0.2, 0.25) is 5.88 Å². The highest BCUT2D eigenvalue weighted by Crippen LogP contribution is 2.33. The van der Waals surface area contributed by atoms with Gasteiger partial charge in [0.1, 0.15) is 0 Å². The van der Waals surface area contributed by atoms with Crippen LogP contribution in [0.1, 0.15) is 11.3 Å². The monoisotopic (exact) mass is 485 g/mol. The minimum Gasteiger partial charge on any atom is -0.467 e. The molecule has 12 heteroatoms. The Morgan fingerprint density at radius 1 is 1.19 bits per heavy atom. The smallest absolute Gasteiger partial charge is 0.435 e. The highest BCUT2D eigenvalue weighted by Gasteiger charge is 2.36. The minimum absolute atomic E-state index is 0.0103. The number of nitrogens with one attached hydrogen (secondary N) is 1. The number of carbonyl (C=O) groups is 1. The van der Waals surface area contributed by atoms with Gasteiger partial charge in [0, 0.05) is 11.8 Å². The summed E-state index contributed by atoms with van der Waals surface area (Å²) in [6.45, 7) is -0.642. The van der Waals surface area contributed by atoms with Crippen LogP contribution in [0, 0.1) is 0 Å². The van der Waals surface area contributed by atoms with Gasteiger partial charge in [-0.15, -0.1) is 0 Å². The number of carbonyl (C=O) groups excluding carboxylic acids is 1. The highest BCUT2D eigenvalue weighted by molar-refractivity contribution is 7.91. The molecule has 0 fully saturated rings. The highest BCUT2D eigenvalue weighted by atomic mass is 35.5. The van der Waals surface area contributed by atoms with Gasteiger partial charge < -0.3 is 10.1 Å². The fraction of sp³-hybridized carbons (Fsp3) is 0.200. The largest absolute Gasteiger partial charge is 0.467 e. The molecule has 1 N–H and O–H groups in total. The van der Waals surface area contributed by atoms with Crippen LogP contribution in [0.5, 0.6) is 5.88 Å². The minimum atomic E-state index is -4.73. The second-order valence-electron chi connectivity index (χ2n) is 6.96. The summed E-state index contributed by atoms with van der Waals surface area (Å²) < 4.78 is 69.7. The van der Waals surface area contributed by atoms with E-state index in [-0.39, 0.29) is 32.9 Å². The Morgan fingerprint density at radius 2 is 1.94 bits per heavy atom. The second kappa shape index (κ2) is 8.14. The van der Waals surface area contributed by atoms with Gasteiger partial charge in [0.15, 0.2) is 22.1 Å². The molecule has 1 aliphatic rings. The third kappa shape index (κ3) is 4.44. The number of alkyl halides is 3. The van der Waals surface area contributed by atoms with E-state index < -0.39 is 34.2 Å². The Balaban J connectivity index is 1.53. The van der Waals surface area contributed by atoms with Crippen molar-refractivity contribution in [3.05, 3.63) is 64.8 Å². The second-order valence-corrected chi connectivity index (χ2v) is 9.44. The molecule has 0 spiro atoms. The van der Waals surface area contributed by atoms with E-state index in [0.29, 0.717) is 18.1 Å². The first kappa shape index (κ1) is 22.2. The van der Waals surface area contributed by atoms with Crippen LogP contribution < -0.4 is 10.1 Å². The number of nitrogens with zero attached hydrogens (tertiary/aromatic N) is 2. The van der Waals surface area contributed by atoms with Crippen LogP contribution in [-0.2, 0) is 27.2 Å². The summed E-state index contributed by atoms with van der Waals surface area (Å²) in [6, 6.07) is 11.3. The van der Waals surface area contributed by atoms with Crippen molar-refractivity contribution in [3.63, 3.8) is 0 Å². The van der Waals surface area contributed by atoms with E-state index in [2.05, 4.69) is 10.4 Å². The third-order valence-electron chi connectivity index (χ3n) is 4.73. The Labute approximate surface area is 185 Å². The van der Waals surface area contributed by atoms with Crippen molar-refractivity contribution in [1.82, 2.24) is 9.78 Å². The van der Waals surface area contributed by atoms with Gasteiger partial charge in [0.05, 0.1) is 21.4 Å². The summed E-state index contributed by atoms with van der Waals surface area (Å²) in [5.74, 6) is -1.02. The van der Waals surface area contributed by atoms with Crippen LogP contribution in [0.3, 0.4) is 0 Å². The van der Waals surface area contributed by atoms with Gasteiger partial charge in [-0.05, 0) is 36.2 Å². The third-order valence-corrected chi connectivity index (χ3v) is 6.84. The van der Waals surface area contributed by atoms with Gasteiger partial charge in [-0.1, -0.05) is 29.8 Å². The summed E-state index contributed by atoms with van der Waals surface area (Å²) >= 11 is 6.07. The Hall–Kier alpha value is -3.05. The first-order valence-corrected chi connectivity index (χ1v) is 11.3. The number of hydrogen-bond donors (Lipinski definition) is 1. The number of benzene rings is 2. The predicted molar refractivity (Wildman–Crippen MR) is 110 cm³/mol. The Bertz CT molecular complexity index is 1310. The van der Waals surface area contributed by atoms with Crippen molar-refractivity contribution in [3.8, 4) is 11.6 Å². The lowest BCUT2D eigenvalue weighted by Crippen LogP contribution is -2.21. The zero-order valence-corrected chi connectivity index (χ0v) is 17.8. The molecule has 168 valence electrons. The number of fused-ring (bicyclic) bond motifs is 1. The summed E-state index contributed by atoms with van der Waals surface area (Å²) in [5.41, 5.74) is -0.165. The molecular weight excluding hydrogens is 471 g/mol. The number of amides is 1. The number of anilines is 1. The van der Waals surface area contributed by atoms with E-state index in [4.69, 9.17) is 16.3 Å². The molecule has 3 aromatic rings. The number of rotatable bonds is 5. The van der Waals surface area contributed by atoms with E-state index >= 15 is 0 Å². The molecule has 2 heterocycles. The van der Waals surface area contributed by atoms with Crippen LogP contribution in [0.25, 0.3) is 5.69 Å². The number of ether oxygens (including phenoxy) is 1. The summed E-state index contributed by atoms with van der Waals surface area (Å²) in [5, 5.41) is 6.13. The first-order valence-electron chi connectivity index (χ1n) is 9.25. The fourth-order valence-electron chi connectivity index (χ4n) is 3.22. The van der Waals surface area contributed by atoms with Gasteiger partial charge in [-0.2, -0.15) is 23.0 Å². The number of sulfone groups is 1. The maximum atomic E-state index is 13.2. The molecule has 0 saturated heterocycles. The summed E-state index contributed by atoms with van der Waals surface area (Å²) in [4.78, 5) is 12.5. The molecule has 0 atom stereocenters. The van der Waals surface area contributed by atoms with Crippen LogP contribution in [0.4, 0.5) is 18.9 Å². The number of hydrogen-bond acceptors (Lipinski definition) is 5. The molecule has 0 aliphatic carbocycles. The zero-order chi connectivity index (χ0) is 23.1. The SMILES string of the molecule is O=C(COc1cc(C(F)(F)F)nn1-c1ccccc1Cl)Nc1ccc2c(c1)S(=O)(=O)CC2. The molecular formula is C20H15ClF3N3O4S. The average Bonchev–Trinajstić information content (AvgIpc) is 3.28. The Kier molecular flexibility index (Phi) is 5.63. The van der Waals surface area contributed by atoms with Crippen LogP contribution in [0.2, 0.25) is 5.02 Å². The van der Waals surface area contributed by atoms with Crippen LogP contribution in [0.15, 0.2) is 53.4 Å². The molecule has 0 radical (unpaired) electrons. The number of halogens is 4. The average molecular weight is 486 g/mol. The van der Waals surface area contributed by atoms with Crippen molar-refractivity contribution in [2.24, 2.45) is 0 Å². The lowest BCUT2D eigenvalue weighted by atomic mass is 10.1. The maximum absolute atomic E-state index is 13.2. The Morgan fingerprint density at radius 3 is 2.66 bits per heavy atom. The predicted octanol–water partition coefficient (Wildman–Crippen LogP) is 3.89. The van der Waals surface area contributed by atoms with Crippen LogP contribution >= 0.6 is 11.6 Å². The first-order chi connectivity index (χ1) is 15.0. The summed E-state index contributed by atoms with van der Waals surface area (Å²) in [6.07, 6.45) is -4.33. The van der Waals surface area contributed by atoms with E-state index in [1.807, 2.05) is 0 Å². The molecule has 0 unspecified atom stereocenters. The fourth-order valence-corrected chi connectivity index (χ4v) is 5.02. The van der Waals surface area contributed by atoms with Gasteiger partial charge in [-0.25, -0.2) is 8.42 Å². The molecule has 0 bridgehead atoms. The topological polar surface area (TPSA) is 90.3 Å². The molecule has 1 aromatic heterocycles. The zero-order valence-electron chi connectivity index (χ0n) is 16.2. The van der Waals surface area contributed by atoms with Crippen molar-refractivity contribution >= 4 is 33.0 Å². The van der Waals surface area contributed by atoms with E-state index in [1.165, 1.54) is 18.2 Å². The lowest BCUT2D eigenvalue weighted by Gasteiger charge is -2.11. The molecule has 2 aromatic carbocycles. The maximum Gasteiger partial charge on any atom is 0.435 e. The van der Waals surface area contributed by atoms with Crippen molar-refractivity contribution < 1.29 is 31.1 Å². The van der Waals surface area contributed by atoms with E-state index in [1.54, 1.807) is 24.3 Å². The van der Waals surface area contributed by atoms with E-state index in [0.717, 1.165) is 4.68 Å². The normalized spacial score (nSPS) is 14.8. The number of para-hydroxylation sites is 1. The molecule has 1 amide bonds. The van der Waals surface area contributed by atoms with Crippen LogP contribution in [-0.4, -0.2) is 36.5 Å². The molecule has 1 aliphatic heterocycles. The summed E-state index contributed by atoms with van der Waals surface area (Å²) in [7, 11) is -3.38. The lowest BCUT2D eigenvalue weighted by molar-refractivity contribution is -0.141.